The van der Waals surface area contributed by atoms with Crippen LogP contribution in [0.4, 0.5) is 0 Å². The van der Waals surface area contributed by atoms with Crippen molar-refractivity contribution in [1.29, 1.82) is 0 Å². The molecular weight excluding hydrogens is 515 g/mol. The number of rotatable bonds is 4. The zero-order chi connectivity index (χ0) is 27.2. The van der Waals surface area contributed by atoms with Crippen LogP contribution in [-0.2, 0) is 0 Å². The number of nitrogens with zero attached hydrogens (tertiary/aromatic N) is 1. The van der Waals surface area contributed by atoms with Crippen molar-refractivity contribution in [2.75, 3.05) is 0 Å². The molecule has 0 atom stereocenters. The van der Waals surface area contributed by atoms with Gasteiger partial charge in [0, 0.05) is 27.6 Å². The Morgan fingerprint density at radius 1 is 0.415 bits per heavy atom. The van der Waals surface area contributed by atoms with Crippen LogP contribution in [0, 0.1) is 0 Å². The summed E-state index contributed by atoms with van der Waals surface area (Å²) in [5.41, 5.74) is 4.92. The first-order valence-electron chi connectivity index (χ1n) is 13.9. The highest BCUT2D eigenvalue weighted by molar-refractivity contribution is 7.99. The van der Waals surface area contributed by atoms with Crippen LogP contribution in [0.2, 0.25) is 0 Å². The third-order valence-corrected chi connectivity index (χ3v) is 9.12. The van der Waals surface area contributed by atoms with Crippen molar-refractivity contribution < 1.29 is 0 Å². The molecule has 0 aliphatic rings. The molecule has 0 saturated carbocycles. The number of aromatic nitrogens is 1. The molecule has 8 aromatic rings. The standard InChI is InChI=1S/C39H25NS/c1-3-9-29-23-31(15-13-26(29)7-1)28-17-19-33(20-18-28)41-39-35-12-6-5-11-34(35)38(37-25-40-22-21-36(37)39)32-16-14-27-8-2-4-10-30(27)24-32/h1-25H. The summed E-state index contributed by atoms with van der Waals surface area (Å²) in [4.78, 5) is 7.06. The average molecular weight is 540 g/mol. The van der Waals surface area contributed by atoms with Crippen LogP contribution in [0.25, 0.3) is 65.3 Å². The molecule has 1 heterocycles. The van der Waals surface area contributed by atoms with Gasteiger partial charge in [-0.3, -0.25) is 4.98 Å². The molecule has 2 heteroatoms. The van der Waals surface area contributed by atoms with Gasteiger partial charge in [0.15, 0.2) is 0 Å². The Balaban J connectivity index is 1.25. The van der Waals surface area contributed by atoms with Crippen LogP contribution >= 0.6 is 11.8 Å². The summed E-state index contributed by atoms with van der Waals surface area (Å²) in [5.74, 6) is 0. The van der Waals surface area contributed by atoms with Gasteiger partial charge >= 0.3 is 0 Å². The Hall–Kier alpha value is -4.92. The van der Waals surface area contributed by atoms with Crippen LogP contribution in [0.5, 0.6) is 0 Å². The normalized spacial score (nSPS) is 11.5. The van der Waals surface area contributed by atoms with E-state index in [0.717, 1.165) is 0 Å². The molecule has 0 N–H and O–H groups in total. The summed E-state index contributed by atoms with van der Waals surface area (Å²) in [6.07, 6.45) is 3.94. The largest absolute Gasteiger partial charge is 0.264 e. The van der Waals surface area contributed by atoms with Gasteiger partial charge in [-0.2, -0.15) is 0 Å². The Labute approximate surface area is 243 Å². The van der Waals surface area contributed by atoms with Crippen LogP contribution in [0.1, 0.15) is 0 Å². The zero-order valence-corrected chi connectivity index (χ0v) is 23.1. The van der Waals surface area contributed by atoms with E-state index in [2.05, 4.69) is 145 Å². The molecule has 0 saturated heterocycles. The highest BCUT2D eigenvalue weighted by Crippen LogP contribution is 2.45. The van der Waals surface area contributed by atoms with Crippen LogP contribution in [0.3, 0.4) is 0 Å². The first-order chi connectivity index (χ1) is 20.3. The monoisotopic (exact) mass is 539 g/mol. The lowest BCUT2D eigenvalue weighted by Crippen LogP contribution is -1.90. The lowest BCUT2D eigenvalue weighted by molar-refractivity contribution is 1.36. The van der Waals surface area contributed by atoms with E-state index in [4.69, 9.17) is 0 Å². The zero-order valence-electron chi connectivity index (χ0n) is 22.3. The molecule has 7 aromatic carbocycles. The smallest absolute Gasteiger partial charge is 0.0353 e. The maximum atomic E-state index is 4.57. The molecule has 1 nitrogen and oxygen atoms in total. The maximum absolute atomic E-state index is 4.57. The van der Waals surface area contributed by atoms with Crippen molar-refractivity contribution in [3.8, 4) is 22.3 Å². The molecule has 0 unspecified atom stereocenters. The van der Waals surface area contributed by atoms with E-state index < -0.39 is 0 Å². The predicted octanol–water partition coefficient (Wildman–Crippen LogP) is 11.2. The number of fused-ring (bicyclic) bond motifs is 4. The topological polar surface area (TPSA) is 12.9 Å². The Kier molecular flexibility index (Phi) is 5.79. The molecule has 0 amide bonds. The molecular formula is C39H25NS. The minimum Gasteiger partial charge on any atom is -0.264 e. The molecule has 1 aromatic heterocycles. The Morgan fingerprint density at radius 2 is 0.976 bits per heavy atom. The summed E-state index contributed by atoms with van der Waals surface area (Å²) in [5, 5.41) is 9.95. The van der Waals surface area contributed by atoms with Crippen molar-refractivity contribution in [3.05, 3.63) is 152 Å². The predicted molar refractivity (Wildman–Crippen MR) is 176 cm³/mol. The Morgan fingerprint density at radius 3 is 1.71 bits per heavy atom. The molecule has 0 aliphatic carbocycles. The van der Waals surface area contributed by atoms with E-state index in [-0.39, 0.29) is 0 Å². The van der Waals surface area contributed by atoms with E-state index >= 15 is 0 Å². The van der Waals surface area contributed by atoms with Crippen molar-refractivity contribution in [2.24, 2.45) is 0 Å². The van der Waals surface area contributed by atoms with Crippen LogP contribution < -0.4 is 0 Å². The molecule has 0 bridgehead atoms. The van der Waals surface area contributed by atoms with Crippen molar-refractivity contribution >= 4 is 54.9 Å². The second-order valence-electron chi connectivity index (χ2n) is 10.4. The van der Waals surface area contributed by atoms with Gasteiger partial charge in [0.1, 0.15) is 0 Å². The van der Waals surface area contributed by atoms with Gasteiger partial charge < -0.3 is 0 Å². The lowest BCUT2D eigenvalue weighted by Gasteiger charge is -2.17. The fraction of sp³-hybridized carbons (Fsp3) is 0. The molecule has 41 heavy (non-hydrogen) atoms. The average Bonchev–Trinajstić information content (AvgIpc) is 3.04. The van der Waals surface area contributed by atoms with Crippen molar-refractivity contribution in [3.63, 3.8) is 0 Å². The highest BCUT2D eigenvalue weighted by atomic mass is 32.2. The second kappa shape index (κ2) is 9.92. The maximum Gasteiger partial charge on any atom is 0.0353 e. The molecule has 0 fully saturated rings. The summed E-state index contributed by atoms with van der Waals surface area (Å²) >= 11 is 1.83. The quantitative estimate of drug-likeness (QED) is 0.206. The van der Waals surface area contributed by atoms with Crippen LogP contribution in [-0.4, -0.2) is 4.98 Å². The summed E-state index contributed by atoms with van der Waals surface area (Å²) in [6.45, 7) is 0. The molecule has 0 spiro atoms. The summed E-state index contributed by atoms with van der Waals surface area (Å²) in [6, 6.07) is 50.5. The Bertz CT molecular complexity index is 2170. The fourth-order valence-electron chi connectivity index (χ4n) is 5.95. The van der Waals surface area contributed by atoms with Gasteiger partial charge in [0.05, 0.1) is 0 Å². The van der Waals surface area contributed by atoms with Gasteiger partial charge in [0.2, 0.25) is 0 Å². The minimum absolute atomic E-state index is 1.18. The van der Waals surface area contributed by atoms with Gasteiger partial charge in [-0.25, -0.2) is 0 Å². The fourth-order valence-corrected chi connectivity index (χ4v) is 7.03. The van der Waals surface area contributed by atoms with Gasteiger partial charge in [-0.15, -0.1) is 0 Å². The first-order valence-corrected chi connectivity index (χ1v) is 14.7. The van der Waals surface area contributed by atoms with Crippen LogP contribution in [0.15, 0.2) is 162 Å². The highest BCUT2D eigenvalue weighted by Gasteiger charge is 2.17. The lowest BCUT2D eigenvalue weighted by atomic mass is 9.92. The van der Waals surface area contributed by atoms with E-state index in [1.54, 1.807) is 0 Å². The number of hydrogen-bond donors (Lipinski definition) is 0. The number of benzene rings is 7. The van der Waals surface area contributed by atoms with E-state index in [9.17, 15) is 0 Å². The van der Waals surface area contributed by atoms with E-state index in [1.807, 2.05) is 24.2 Å². The molecule has 8 rings (SSSR count). The van der Waals surface area contributed by atoms with Crippen molar-refractivity contribution in [1.82, 2.24) is 4.98 Å². The first kappa shape index (κ1) is 23.9. The summed E-state index contributed by atoms with van der Waals surface area (Å²) < 4.78 is 0. The van der Waals surface area contributed by atoms with Gasteiger partial charge in [-0.1, -0.05) is 121 Å². The molecule has 0 radical (unpaired) electrons. The minimum atomic E-state index is 1.18. The third kappa shape index (κ3) is 4.25. The SMILES string of the molecule is c1ccc2cc(-c3ccc(Sc4c5ccccc5c(-c5ccc6ccccc6c5)c5cnccc45)cc3)ccc2c1. The summed E-state index contributed by atoms with van der Waals surface area (Å²) in [7, 11) is 0. The van der Waals surface area contributed by atoms with Gasteiger partial charge in [0.25, 0.3) is 0 Å². The van der Waals surface area contributed by atoms with Crippen molar-refractivity contribution in [2.45, 2.75) is 9.79 Å². The van der Waals surface area contributed by atoms with Gasteiger partial charge in [-0.05, 0) is 90.3 Å². The number of hydrogen-bond acceptors (Lipinski definition) is 2. The van der Waals surface area contributed by atoms with E-state index in [1.165, 1.54) is 75.1 Å². The number of pyridine rings is 1. The van der Waals surface area contributed by atoms with E-state index in [0.29, 0.717) is 0 Å². The molecule has 192 valence electrons. The third-order valence-electron chi connectivity index (χ3n) is 7.97. The second-order valence-corrected chi connectivity index (χ2v) is 11.5. The molecule has 0 aliphatic heterocycles.